The van der Waals surface area contributed by atoms with Gasteiger partial charge >= 0.3 is 0 Å². The Hall–Kier alpha value is -6.17. The maximum atomic E-state index is 15.1. The van der Waals surface area contributed by atoms with E-state index in [-0.39, 0.29) is 49.4 Å². The third-order valence-electron chi connectivity index (χ3n) is 17.0. The minimum absolute atomic E-state index is 0.0173. The van der Waals surface area contributed by atoms with Crippen LogP contribution in [-0.2, 0) is 52.7 Å². The molecule has 504 valence electrons. The average Bonchev–Trinajstić information content (AvgIpc) is 1.95. The van der Waals surface area contributed by atoms with Crippen molar-refractivity contribution in [3.63, 3.8) is 0 Å². The Kier molecular flexibility index (Phi) is 33.1. The Morgan fingerprint density at radius 1 is 0.466 bits per heavy atom. The van der Waals surface area contributed by atoms with Crippen molar-refractivity contribution in [2.24, 2.45) is 47.3 Å². The van der Waals surface area contributed by atoms with Crippen LogP contribution in [0.3, 0.4) is 0 Å². The molecule has 1 saturated heterocycles. The minimum Gasteiger partial charge on any atom is -0.396 e. The highest BCUT2D eigenvalue weighted by Crippen LogP contribution is 2.26. The van der Waals surface area contributed by atoms with E-state index in [0.717, 1.165) is 14.7 Å². The number of aliphatic hydroxyl groups is 2. The zero-order valence-corrected chi connectivity index (χ0v) is 57.7. The summed E-state index contributed by atoms with van der Waals surface area (Å²) < 4.78 is 0. The van der Waals surface area contributed by atoms with Gasteiger partial charge < -0.3 is 66.2 Å². The van der Waals surface area contributed by atoms with E-state index in [1.54, 1.807) is 41.5 Å². The van der Waals surface area contributed by atoms with Gasteiger partial charge in [-0.25, -0.2) is 0 Å². The quantitative estimate of drug-likeness (QED) is 0.103. The topological polar surface area (TPSA) is 308 Å². The monoisotopic (exact) mass is 1250 g/mol. The fraction of sp³-hybridized carbons (Fsp3) is 0.797. The molecule has 0 saturated carbocycles. The second kappa shape index (κ2) is 36.5. The van der Waals surface area contributed by atoms with E-state index in [2.05, 4.69) is 26.6 Å². The van der Waals surface area contributed by atoms with Crippen molar-refractivity contribution >= 4 is 65.0 Å². The number of amides is 11. The SMILES string of the molecule is C/C=C/C[C@@H](C)CC(C)[C@@H](O)[C@H]1C(=O)N[C@@H](CC)C(=O)N(C)[C@H](C)C(=O)N(C)[C@@H]([C@H](C)CO)C(=O)N[C@@H](C(C)C)C(=O)N(C)[C@@H](CC(C)C)C(=O)N[C@@H](C)C(=O)N[C@H](C)C(=O)N(C)[C@@H](CC(C)C)C(=O)N(C)[C@@H](CC(C)C)C(=O)N[C@@H](C(C)C)C(=O)N1C. The minimum atomic E-state index is -1.64. The number of likely N-dealkylation sites (N-methyl/N-ethyl adjacent to an activating group) is 6. The number of carbonyl (C=O) groups excluding carboxylic acids is 11. The van der Waals surface area contributed by atoms with Crippen LogP contribution in [0, 0.1) is 47.3 Å². The van der Waals surface area contributed by atoms with Crippen molar-refractivity contribution in [2.75, 3.05) is 48.9 Å². The molecule has 1 fully saturated rings. The first kappa shape index (κ1) is 79.8. The first-order valence-corrected chi connectivity index (χ1v) is 31.7. The van der Waals surface area contributed by atoms with Gasteiger partial charge in [-0.1, -0.05) is 109 Å². The van der Waals surface area contributed by atoms with Crippen molar-refractivity contribution in [3.05, 3.63) is 12.2 Å². The first-order chi connectivity index (χ1) is 40.7. The molecule has 1 unspecified atom stereocenters. The summed E-state index contributed by atoms with van der Waals surface area (Å²) in [5.41, 5.74) is 0. The molecule has 1 aliphatic rings. The van der Waals surface area contributed by atoms with Gasteiger partial charge in [0.15, 0.2) is 0 Å². The summed E-state index contributed by atoms with van der Waals surface area (Å²) in [6, 6.07) is -14.3. The van der Waals surface area contributed by atoms with Crippen LogP contribution >= 0.6 is 0 Å². The van der Waals surface area contributed by atoms with Gasteiger partial charge in [0, 0.05) is 54.8 Å². The second-order valence-corrected chi connectivity index (χ2v) is 26.9. The zero-order chi connectivity index (χ0) is 68.3. The van der Waals surface area contributed by atoms with Gasteiger partial charge in [0.2, 0.25) is 65.0 Å². The summed E-state index contributed by atoms with van der Waals surface area (Å²) in [5.74, 6) is -11.2. The van der Waals surface area contributed by atoms with Gasteiger partial charge in [0.05, 0.1) is 6.10 Å². The van der Waals surface area contributed by atoms with E-state index in [9.17, 15) is 58.2 Å². The Balaban J connectivity index is 4.37. The normalized spacial score (nSPS) is 27.8. The number of allylic oxidation sites excluding steroid dienone is 2. The number of hydrogen-bond donors (Lipinski definition) is 7. The van der Waals surface area contributed by atoms with Crippen LogP contribution in [0.1, 0.15) is 163 Å². The Morgan fingerprint density at radius 2 is 0.875 bits per heavy atom. The van der Waals surface area contributed by atoms with Gasteiger partial charge in [0.25, 0.3) is 0 Å². The number of carbonyl (C=O) groups is 11. The zero-order valence-electron chi connectivity index (χ0n) is 57.7. The fourth-order valence-corrected chi connectivity index (χ4v) is 11.2. The molecule has 0 aliphatic carbocycles. The van der Waals surface area contributed by atoms with Gasteiger partial charge in [0.1, 0.15) is 66.5 Å². The Morgan fingerprint density at radius 3 is 1.33 bits per heavy atom. The van der Waals surface area contributed by atoms with Gasteiger partial charge in [-0.05, 0) is 108 Å². The van der Waals surface area contributed by atoms with Crippen LogP contribution in [-0.4, -0.2) is 226 Å². The molecule has 24 nitrogen and oxygen atoms in total. The second-order valence-electron chi connectivity index (χ2n) is 26.9. The number of aliphatic hydroxyl groups excluding tert-OH is 2. The van der Waals surface area contributed by atoms with Crippen LogP contribution in [0.25, 0.3) is 0 Å². The van der Waals surface area contributed by atoms with Crippen molar-refractivity contribution in [3.8, 4) is 0 Å². The summed E-state index contributed by atoms with van der Waals surface area (Å²) in [6.45, 7) is 30.3. The molecular formula is C64H115N11O13. The smallest absolute Gasteiger partial charge is 0.246 e. The maximum Gasteiger partial charge on any atom is 0.246 e. The van der Waals surface area contributed by atoms with Crippen molar-refractivity contribution in [1.82, 2.24) is 56.0 Å². The van der Waals surface area contributed by atoms with E-state index in [4.69, 9.17) is 0 Å². The van der Waals surface area contributed by atoms with Gasteiger partial charge in [-0.2, -0.15) is 0 Å². The number of nitrogens with zero attached hydrogens (tertiary/aromatic N) is 6. The summed E-state index contributed by atoms with van der Waals surface area (Å²) in [5, 5.41) is 36.5. The molecule has 88 heavy (non-hydrogen) atoms. The molecule has 0 bridgehead atoms. The first-order valence-electron chi connectivity index (χ1n) is 31.7. The molecule has 7 N–H and O–H groups in total. The fourth-order valence-electron chi connectivity index (χ4n) is 11.2. The molecule has 1 heterocycles. The molecule has 24 heteroatoms. The highest BCUT2D eigenvalue weighted by Gasteiger charge is 2.45. The van der Waals surface area contributed by atoms with Crippen molar-refractivity contribution in [2.45, 2.75) is 236 Å². The molecule has 0 spiro atoms. The predicted molar refractivity (Wildman–Crippen MR) is 339 cm³/mol. The highest BCUT2D eigenvalue weighted by atomic mass is 16.3. The van der Waals surface area contributed by atoms with E-state index >= 15 is 4.79 Å². The number of rotatable bonds is 17. The standard InChI is InChI=1S/C64H115N11O13/c1-25-27-28-39(13)32-40(14)53(77)52-58(82)67-45(26-2)61(85)70(19)44(18)60(84)74(23)51(41(15)33-76)57(81)69-49(37(9)10)63(87)72(21)46(29-34(3)4)55(79)65-42(16)54(78)66-43(17)59(83)73(22)48(31-36(7)8)62(86)71(20)47(30-35(5)6)56(80)68-50(38(11)12)64(88)75(52)24/h25,27,34-53,76-77H,26,28-33H2,1-24H3,(H,65,79)(H,66,78)(H,67,82)(H,68,80)(H,69,81)/b27-25+/t39-,40?,41-,42+,43-,44-,45+,46+,47+,48+,49+,50+,51+,52+,53-/m1/s1. The molecule has 0 aromatic carbocycles. The molecule has 1 rings (SSSR count). The van der Waals surface area contributed by atoms with Crippen molar-refractivity contribution < 1.29 is 63.0 Å². The summed E-state index contributed by atoms with van der Waals surface area (Å²) in [4.78, 5) is 168. The summed E-state index contributed by atoms with van der Waals surface area (Å²) in [6.07, 6.45) is 3.84. The van der Waals surface area contributed by atoms with Crippen LogP contribution in [0.15, 0.2) is 12.2 Å². The molecule has 15 atom stereocenters. The molecule has 11 amide bonds. The Labute approximate surface area is 526 Å². The largest absolute Gasteiger partial charge is 0.396 e. The summed E-state index contributed by atoms with van der Waals surface area (Å²) >= 11 is 0. The Bertz CT molecular complexity index is 2400. The predicted octanol–water partition coefficient (Wildman–Crippen LogP) is 2.92. The molecular weight excluding hydrogens is 1130 g/mol. The third-order valence-corrected chi connectivity index (χ3v) is 17.0. The lowest BCUT2D eigenvalue weighted by molar-refractivity contribution is -0.152. The maximum absolute atomic E-state index is 15.1. The summed E-state index contributed by atoms with van der Waals surface area (Å²) in [7, 11) is 8.27. The molecule has 0 aromatic heterocycles. The number of nitrogens with one attached hydrogen (secondary N) is 5. The van der Waals surface area contributed by atoms with E-state index in [1.807, 2.05) is 67.5 Å². The lowest BCUT2D eigenvalue weighted by atomic mass is 9.86. The van der Waals surface area contributed by atoms with E-state index < -0.39 is 168 Å². The highest BCUT2D eigenvalue weighted by molar-refractivity contribution is 6.00. The van der Waals surface area contributed by atoms with Crippen LogP contribution in [0.2, 0.25) is 0 Å². The van der Waals surface area contributed by atoms with Crippen LogP contribution in [0.5, 0.6) is 0 Å². The number of hydrogen-bond acceptors (Lipinski definition) is 13. The molecule has 0 radical (unpaired) electrons. The van der Waals surface area contributed by atoms with E-state index in [1.165, 1.54) is 84.7 Å². The van der Waals surface area contributed by atoms with Crippen molar-refractivity contribution in [1.29, 1.82) is 0 Å². The average molecular weight is 1250 g/mol. The molecule has 0 aromatic rings. The van der Waals surface area contributed by atoms with Gasteiger partial charge in [-0.3, -0.25) is 52.7 Å². The van der Waals surface area contributed by atoms with Crippen LogP contribution in [0.4, 0.5) is 0 Å². The lowest BCUT2D eigenvalue weighted by Gasteiger charge is -2.39. The lowest BCUT2D eigenvalue weighted by Crippen LogP contribution is -2.64. The third kappa shape index (κ3) is 22.1. The van der Waals surface area contributed by atoms with Gasteiger partial charge in [-0.15, -0.1) is 0 Å². The van der Waals surface area contributed by atoms with E-state index in [0.29, 0.717) is 12.8 Å². The van der Waals surface area contributed by atoms with Crippen LogP contribution < -0.4 is 26.6 Å². The molecule has 1 aliphatic heterocycles.